The van der Waals surface area contributed by atoms with Crippen molar-refractivity contribution in [1.29, 1.82) is 0 Å². The van der Waals surface area contributed by atoms with Crippen molar-refractivity contribution in [3.63, 3.8) is 0 Å². The highest BCUT2D eigenvalue weighted by atomic mass is 79.9. The van der Waals surface area contributed by atoms with Gasteiger partial charge in [0, 0.05) is 38.4 Å². The highest BCUT2D eigenvalue weighted by molar-refractivity contribution is 9.13. The molecule has 0 radical (unpaired) electrons. The predicted octanol–water partition coefficient (Wildman–Crippen LogP) is 3.81. The van der Waals surface area contributed by atoms with Gasteiger partial charge in [-0.1, -0.05) is 0 Å². The topological polar surface area (TPSA) is 83.3 Å². The summed E-state index contributed by atoms with van der Waals surface area (Å²) >= 11 is 6.57. The van der Waals surface area contributed by atoms with E-state index in [-0.39, 0.29) is 11.9 Å². The quantitative estimate of drug-likeness (QED) is 0.668. The Labute approximate surface area is 169 Å². The normalized spacial score (nSPS) is 19.8. The number of amides is 1. The van der Waals surface area contributed by atoms with Crippen LogP contribution in [0.1, 0.15) is 36.2 Å². The van der Waals surface area contributed by atoms with Gasteiger partial charge in [-0.25, -0.2) is 4.98 Å². The van der Waals surface area contributed by atoms with Crippen LogP contribution in [0, 0.1) is 0 Å². The number of aromatic nitrogens is 2. The van der Waals surface area contributed by atoms with Gasteiger partial charge in [0.05, 0.1) is 4.47 Å². The molecule has 2 aromatic rings. The zero-order valence-electron chi connectivity index (χ0n) is 14.6. The van der Waals surface area contributed by atoms with Crippen LogP contribution in [0.5, 0.6) is 0 Å². The summed E-state index contributed by atoms with van der Waals surface area (Å²) in [6.07, 6.45) is 5.47. The smallest absolute Gasteiger partial charge is 0.287 e. The molecule has 1 fully saturated rings. The highest BCUT2D eigenvalue weighted by Crippen LogP contribution is 2.27. The summed E-state index contributed by atoms with van der Waals surface area (Å²) < 4.78 is 6.63. The summed E-state index contributed by atoms with van der Waals surface area (Å²) in [5, 5.41) is 6.44. The van der Waals surface area contributed by atoms with Crippen molar-refractivity contribution in [2.45, 2.75) is 37.8 Å². The molecule has 0 saturated heterocycles. The molecule has 0 aromatic carbocycles. The summed E-state index contributed by atoms with van der Waals surface area (Å²) in [6, 6.07) is 4.01. The fourth-order valence-corrected chi connectivity index (χ4v) is 3.53. The molecule has 0 atom stereocenters. The molecule has 26 heavy (non-hydrogen) atoms. The Morgan fingerprint density at radius 2 is 1.92 bits per heavy atom. The second kappa shape index (κ2) is 8.39. The third-order valence-electron chi connectivity index (χ3n) is 4.36. The van der Waals surface area contributed by atoms with Gasteiger partial charge in [-0.2, -0.15) is 4.98 Å². The molecule has 2 N–H and O–H groups in total. The monoisotopic (exact) mass is 485 g/mol. The first-order chi connectivity index (χ1) is 12.4. The van der Waals surface area contributed by atoms with Crippen LogP contribution >= 0.6 is 31.9 Å². The van der Waals surface area contributed by atoms with Crippen molar-refractivity contribution < 1.29 is 9.21 Å². The molecule has 1 aliphatic rings. The van der Waals surface area contributed by atoms with Crippen LogP contribution in [0.25, 0.3) is 0 Å². The molecule has 2 aromatic heterocycles. The second-order valence-electron chi connectivity index (χ2n) is 6.53. The number of rotatable bonds is 5. The van der Waals surface area contributed by atoms with Crippen molar-refractivity contribution in [3.05, 3.63) is 33.2 Å². The lowest BCUT2D eigenvalue weighted by Crippen LogP contribution is -2.40. The highest BCUT2D eigenvalue weighted by Gasteiger charge is 2.24. The fraction of sp³-hybridized carbons (Fsp3) is 0.471. The van der Waals surface area contributed by atoms with Crippen LogP contribution in [0.4, 0.5) is 11.8 Å². The molecular weight excluding hydrogens is 466 g/mol. The number of carbonyl (C=O) groups is 1. The van der Waals surface area contributed by atoms with E-state index in [4.69, 9.17) is 4.42 Å². The van der Waals surface area contributed by atoms with Crippen molar-refractivity contribution in [1.82, 2.24) is 15.3 Å². The number of halogens is 2. The number of nitrogens with one attached hydrogen (secondary N) is 2. The number of furan rings is 1. The Bertz CT molecular complexity index is 753. The maximum atomic E-state index is 12.3. The standard InChI is InChI=1S/C17H21Br2N5O2/c1-24(2)14-7-8-20-17(23-14)22-11-5-3-10(4-6-11)21-16(25)13-9-12(18)15(19)26-13/h7-11H,3-6H2,1-2H3,(H,21,25)(H,20,22,23)/t10-,11+. The molecule has 7 nitrogen and oxygen atoms in total. The van der Waals surface area contributed by atoms with Gasteiger partial charge in [0.15, 0.2) is 10.4 Å². The number of hydrogen-bond donors (Lipinski definition) is 2. The van der Waals surface area contributed by atoms with Crippen LogP contribution in [0.15, 0.2) is 31.9 Å². The molecule has 0 aliphatic heterocycles. The lowest BCUT2D eigenvalue weighted by atomic mass is 9.91. The first-order valence-corrected chi connectivity index (χ1v) is 10.0. The van der Waals surface area contributed by atoms with E-state index in [0.29, 0.717) is 22.4 Å². The van der Waals surface area contributed by atoms with Crippen molar-refractivity contribution in [2.24, 2.45) is 0 Å². The molecule has 2 heterocycles. The Kier molecular flexibility index (Phi) is 6.18. The third-order valence-corrected chi connectivity index (χ3v) is 6.07. The molecule has 0 bridgehead atoms. The Morgan fingerprint density at radius 3 is 2.54 bits per heavy atom. The van der Waals surface area contributed by atoms with E-state index < -0.39 is 0 Å². The van der Waals surface area contributed by atoms with E-state index in [1.807, 2.05) is 25.1 Å². The molecule has 1 amide bonds. The van der Waals surface area contributed by atoms with E-state index in [1.165, 1.54) is 0 Å². The fourth-order valence-electron chi connectivity index (χ4n) is 2.95. The van der Waals surface area contributed by atoms with Crippen molar-refractivity contribution in [3.8, 4) is 0 Å². The van der Waals surface area contributed by atoms with Gasteiger partial charge < -0.3 is 20.0 Å². The van der Waals surface area contributed by atoms with E-state index in [2.05, 4.69) is 52.5 Å². The van der Waals surface area contributed by atoms with E-state index in [0.717, 1.165) is 36.0 Å². The lowest BCUT2D eigenvalue weighted by Gasteiger charge is -2.29. The maximum Gasteiger partial charge on any atom is 0.287 e. The molecule has 3 rings (SSSR count). The van der Waals surface area contributed by atoms with Crippen LogP contribution < -0.4 is 15.5 Å². The number of carbonyl (C=O) groups excluding carboxylic acids is 1. The van der Waals surface area contributed by atoms with Crippen LogP contribution in [0.3, 0.4) is 0 Å². The average molecular weight is 487 g/mol. The van der Waals surface area contributed by atoms with E-state index >= 15 is 0 Å². The number of anilines is 2. The average Bonchev–Trinajstić information content (AvgIpc) is 2.96. The number of nitrogens with zero attached hydrogens (tertiary/aromatic N) is 3. The Morgan fingerprint density at radius 1 is 1.23 bits per heavy atom. The largest absolute Gasteiger partial charge is 0.443 e. The van der Waals surface area contributed by atoms with Gasteiger partial charge in [-0.05, 0) is 63.6 Å². The molecule has 1 aliphatic carbocycles. The zero-order valence-corrected chi connectivity index (χ0v) is 17.8. The Balaban J connectivity index is 1.49. The van der Waals surface area contributed by atoms with Gasteiger partial charge in [-0.15, -0.1) is 0 Å². The molecule has 140 valence electrons. The minimum Gasteiger partial charge on any atom is -0.443 e. The molecule has 0 unspecified atom stereocenters. The molecule has 9 heteroatoms. The van der Waals surface area contributed by atoms with Crippen molar-refractivity contribution >= 4 is 49.5 Å². The minimum atomic E-state index is -0.185. The number of hydrogen-bond acceptors (Lipinski definition) is 6. The molecule has 0 spiro atoms. The summed E-state index contributed by atoms with van der Waals surface area (Å²) in [6.45, 7) is 0. The summed E-state index contributed by atoms with van der Waals surface area (Å²) in [5.74, 6) is 1.64. The van der Waals surface area contributed by atoms with Crippen LogP contribution in [-0.2, 0) is 0 Å². The molecular formula is C17H21Br2N5O2. The van der Waals surface area contributed by atoms with E-state index in [1.54, 1.807) is 12.3 Å². The zero-order chi connectivity index (χ0) is 18.7. The van der Waals surface area contributed by atoms with Crippen LogP contribution in [-0.4, -0.2) is 42.1 Å². The van der Waals surface area contributed by atoms with Gasteiger partial charge in [0.25, 0.3) is 5.91 Å². The predicted molar refractivity (Wildman–Crippen MR) is 108 cm³/mol. The Hall–Kier alpha value is -1.61. The van der Waals surface area contributed by atoms with Crippen LogP contribution in [0.2, 0.25) is 0 Å². The lowest BCUT2D eigenvalue weighted by molar-refractivity contribution is 0.0897. The summed E-state index contributed by atoms with van der Waals surface area (Å²) in [7, 11) is 3.91. The van der Waals surface area contributed by atoms with Gasteiger partial charge >= 0.3 is 0 Å². The first kappa shape index (κ1) is 19.2. The molecule has 1 saturated carbocycles. The second-order valence-corrected chi connectivity index (χ2v) is 8.11. The van der Waals surface area contributed by atoms with E-state index in [9.17, 15) is 4.79 Å². The third kappa shape index (κ3) is 4.76. The SMILES string of the molecule is CN(C)c1ccnc(N[C@H]2CC[C@@H](NC(=O)c3cc(Br)c(Br)o3)CC2)n1. The summed E-state index contributed by atoms with van der Waals surface area (Å²) in [4.78, 5) is 23.0. The maximum absolute atomic E-state index is 12.3. The minimum absolute atomic E-state index is 0.150. The summed E-state index contributed by atoms with van der Waals surface area (Å²) in [5.41, 5.74) is 0. The first-order valence-electron chi connectivity index (χ1n) is 8.45. The van der Waals surface area contributed by atoms with Crippen molar-refractivity contribution in [2.75, 3.05) is 24.3 Å². The van der Waals surface area contributed by atoms with Gasteiger partial charge in [0.2, 0.25) is 5.95 Å². The van der Waals surface area contributed by atoms with Gasteiger partial charge in [-0.3, -0.25) is 4.79 Å². The van der Waals surface area contributed by atoms with Gasteiger partial charge in [0.1, 0.15) is 5.82 Å².